The maximum Gasteiger partial charge on any atom is 0.407 e. The van der Waals surface area contributed by atoms with E-state index in [1.165, 1.54) is 0 Å². The Labute approximate surface area is 218 Å². The highest BCUT2D eigenvalue weighted by Crippen LogP contribution is 2.28. The van der Waals surface area contributed by atoms with Crippen LogP contribution in [0.2, 0.25) is 0 Å². The molecule has 2 aromatic heterocycles. The van der Waals surface area contributed by atoms with Crippen molar-refractivity contribution in [3.05, 3.63) is 66.1 Å². The third kappa shape index (κ3) is 7.20. The third-order valence-electron chi connectivity index (χ3n) is 5.79. The molecule has 0 aliphatic heterocycles. The molecule has 2 heterocycles. The average molecular weight is 505 g/mol. The molecular weight excluding hydrogens is 468 g/mol. The van der Waals surface area contributed by atoms with Crippen LogP contribution in [0.4, 0.5) is 4.79 Å². The lowest BCUT2D eigenvalue weighted by Gasteiger charge is -2.19. The fourth-order valence-electron chi connectivity index (χ4n) is 4.10. The van der Waals surface area contributed by atoms with Gasteiger partial charge in [-0.15, -0.1) is 0 Å². The summed E-state index contributed by atoms with van der Waals surface area (Å²) in [5.74, 6) is 1.64. The molecule has 0 fully saturated rings. The Morgan fingerprint density at radius 2 is 1.84 bits per heavy atom. The van der Waals surface area contributed by atoms with E-state index >= 15 is 0 Å². The number of fused-ring (bicyclic) bond motifs is 3. The zero-order valence-corrected chi connectivity index (χ0v) is 22.1. The molecule has 0 bridgehead atoms. The molecule has 8 heteroatoms. The van der Waals surface area contributed by atoms with Crippen LogP contribution in [0.15, 0.2) is 54.7 Å². The van der Waals surface area contributed by atoms with E-state index in [1.54, 1.807) is 0 Å². The first-order chi connectivity index (χ1) is 17.8. The number of amides is 1. The second kappa shape index (κ2) is 12.1. The van der Waals surface area contributed by atoms with Crippen LogP contribution in [0.25, 0.3) is 21.9 Å². The number of nitrogens with zero attached hydrogens (tertiary/aromatic N) is 3. The number of hydrogen-bond acceptors (Lipinski definition) is 6. The van der Waals surface area contributed by atoms with Crippen molar-refractivity contribution < 1.29 is 19.0 Å². The molecule has 196 valence electrons. The zero-order chi connectivity index (χ0) is 26.3. The number of rotatable bonds is 11. The van der Waals surface area contributed by atoms with E-state index in [2.05, 4.69) is 14.9 Å². The number of aryl methyl sites for hydroxylation is 1. The first kappa shape index (κ1) is 26.4. The minimum Gasteiger partial charge on any atom is -0.489 e. The summed E-state index contributed by atoms with van der Waals surface area (Å²) in [5.41, 5.74) is 3.51. The van der Waals surface area contributed by atoms with Crippen molar-refractivity contribution in [2.45, 2.75) is 65.8 Å². The Hall–Kier alpha value is -3.65. The Morgan fingerprint density at radius 3 is 2.59 bits per heavy atom. The maximum absolute atomic E-state index is 11.9. The topological polar surface area (TPSA) is 87.5 Å². The van der Waals surface area contributed by atoms with Gasteiger partial charge in [-0.3, -0.25) is 4.98 Å². The fraction of sp³-hybridized carbons (Fsp3) is 0.414. The molecule has 8 nitrogen and oxygen atoms in total. The van der Waals surface area contributed by atoms with Gasteiger partial charge < -0.3 is 24.1 Å². The van der Waals surface area contributed by atoms with Gasteiger partial charge in [-0.05, 0) is 58.2 Å². The summed E-state index contributed by atoms with van der Waals surface area (Å²) in [6.07, 6.45) is 2.99. The molecule has 0 unspecified atom stereocenters. The van der Waals surface area contributed by atoms with Crippen molar-refractivity contribution in [1.29, 1.82) is 0 Å². The molecule has 0 atom stereocenters. The first-order valence-electron chi connectivity index (χ1n) is 12.8. The van der Waals surface area contributed by atoms with Gasteiger partial charge in [0.2, 0.25) is 0 Å². The number of unbranched alkanes of at least 4 members (excludes halogenated alkanes) is 1. The number of benzene rings is 2. The third-order valence-corrected chi connectivity index (χ3v) is 5.79. The smallest absolute Gasteiger partial charge is 0.407 e. The number of carbonyl (C=O) groups is 1. The molecule has 4 aromatic rings. The summed E-state index contributed by atoms with van der Waals surface area (Å²) in [6.45, 7) is 10.4. The largest absolute Gasteiger partial charge is 0.489 e. The van der Waals surface area contributed by atoms with Crippen LogP contribution in [-0.4, -0.2) is 39.4 Å². The number of alkyl carbamates (subject to hydrolysis) is 1. The summed E-state index contributed by atoms with van der Waals surface area (Å²) >= 11 is 0. The summed E-state index contributed by atoms with van der Waals surface area (Å²) in [5, 5.41) is 3.83. The summed E-state index contributed by atoms with van der Waals surface area (Å²) in [4.78, 5) is 21.4. The van der Waals surface area contributed by atoms with Crippen LogP contribution in [0.1, 0.15) is 51.9 Å². The van der Waals surface area contributed by atoms with E-state index in [9.17, 15) is 4.79 Å². The van der Waals surface area contributed by atoms with Gasteiger partial charge in [0.1, 0.15) is 30.3 Å². The van der Waals surface area contributed by atoms with E-state index in [0.29, 0.717) is 26.4 Å². The minimum atomic E-state index is -0.389. The van der Waals surface area contributed by atoms with Gasteiger partial charge in [-0.25, -0.2) is 9.78 Å². The van der Waals surface area contributed by atoms with Crippen LogP contribution < -0.4 is 10.1 Å². The van der Waals surface area contributed by atoms with Crippen LogP contribution in [0.3, 0.4) is 0 Å². The van der Waals surface area contributed by atoms with Gasteiger partial charge in [-0.2, -0.15) is 0 Å². The van der Waals surface area contributed by atoms with Gasteiger partial charge in [0, 0.05) is 30.1 Å². The lowest BCUT2D eigenvalue weighted by molar-refractivity contribution is 0.125. The molecule has 0 spiro atoms. The first-order valence-corrected chi connectivity index (χ1v) is 12.8. The Balaban J connectivity index is 1.50. The van der Waals surface area contributed by atoms with Crippen molar-refractivity contribution in [2.75, 3.05) is 13.2 Å². The molecule has 4 rings (SSSR count). The predicted octanol–water partition coefficient (Wildman–Crippen LogP) is 6.00. The predicted molar refractivity (Wildman–Crippen MR) is 145 cm³/mol. The van der Waals surface area contributed by atoms with E-state index in [0.717, 1.165) is 58.5 Å². The second-order valence-corrected chi connectivity index (χ2v) is 9.98. The molecule has 37 heavy (non-hydrogen) atoms. The number of nitrogens with one attached hydrogen (secondary N) is 1. The van der Waals surface area contributed by atoms with Gasteiger partial charge in [0.05, 0.1) is 23.8 Å². The molecular formula is C29H36N4O4. The molecule has 0 aliphatic carbocycles. The van der Waals surface area contributed by atoms with E-state index in [4.69, 9.17) is 19.2 Å². The summed E-state index contributed by atoms with van der Waals surface area (Å²) < 4.78 is 19.2. The lowest BCUT2D eigenvalue weighted by Crippen LogP contribution is -2.41. The quantitative estimate of drug-likeness (QED) is 0.252. The molecule has 0 saturated heterocycles. The number of carbonyl (C=O) groups excluding carboxylic acids is 1. The molecule has 0 saturated carbocycles. The molecule has 2 aromatic carbocycles. The van der Waals surface area contributed by atoms with Crippen LogP contribution in [-0.2, 0) is 29.2 Å². The van der Waals surface area contributed by atoms with Crippen LogP contribution in [0, 0.1) is 0 Å². The van der Waals surface area contributed by atoms with Crippen LogP contribution >= 0.6 is 0 Å². The van der Waals surface area contributed by atoms with Gasteiger partial charge in [-0.1, -0.05) is 30.3 Å². The van der Waals surface area contributed by atoms with Crippen LogP contribution in [0.5, 0.6) is 5.75 Å². The van der Waals surface area contributed by atoms with Gasteiger partial charge >= 0.3 is 6.09 Å². The molecule has 0 aliphatic rings. The number of ether oxygens (including phenoxy) is 3. The highest BCUT2D eigenvalue weighted by atomic mass is 16.5. The Bertz CT molecular complexity index is 1330. The fourth-order valence-corrected chi connectivity index (χ4v) is 4.10. The van der Waals surface area contributed by atoms with E-state index < -0.39 is 0 Å². The Morgan fingerprint density at radius 1 is 1.03 bits per heavy atom. The molecule has 0 radical (unpaired) electrons. The van der Waals surface area contributed by atoms with E-state index in [-0.39, 0.29) is 11.6 Å². The normalized spacial score (nSPS) is 11.7. The molecule has 1 N–H and O–H groups in total. The monoisotopic (exact) mass is 504 g/mol. The second-order valence-electron chi connectivity index (χ2n) is 9.98. The average Bonchev–Trinajstić information content (AvgIpc) is 3.23. The SMILES string of the molecule is CCOCc1nc2cnc3cc(OCc4ccccc4)ccc3c2n1CCCCOC(=O)NC(C)(C)C. The number of aromatic nitrogens is 3. The maximum atomic E-state index is 11.9. The number of pyridine rings is 1. The van der Waals surface area contributed by atoms with Crippen molar-refractivity contribution in [1.82, 2.24) is 19.9 Å². The van der Waals surface area contributed by atoms with Gasteiger partial charge in [0.15, 0.2) is 0 Å². The van der Waals surface area contributed by atoms with Gasteiger partial charge in [0.25, 0.3) is 0 Å². The number of hydrogen-bond donors (Lipinski definition) is 1. The highest BCUT2D eigenvalue weighted by Gasteiger charge is 2.16. The van der Waals surface area contributed by atoms with Crippen molar-refractivity contribution in [2.24, 2.45) is 0 Å². The molecule has 1 amide bonds. The zero-order valence-electron chi connectivity index (χ0n) is 22.1. The van der Waals surface area contributed by atoms with Crippen molar-refractivity contribution in [3.63, 3.8) is 0 Å². The number of imidazole rings is 1. The lowest BCUT2D eigenvalue weighted by atomic mass is 10.1. The van der Waals surface area contributed by atoms with E-state index in [1.807, 2.05) is 82.4 Å². The van der Waals surface area contributed by atoms with Crippen molar-refractivity contribution >= 4 is 28.0 Å². The summed E-state index contributed by atoms with van der Waals surface area (Å²) in [7, 11) is 0. The highest BCUT2D eigenvalue weighted by molar-refractivity contribution is 6.02. The minimum absolute atomic E-state index is 0.317. The Kier molecular flexibility index (Phi) is 8.61. The summed E-state index contributed by atoms with van der Waals surface area (Å²) in [6, 6.07) is 16.1. The standard InChI is InChI=1S/C29H36N4O4/c1-5-35-20-26-31-25-18-30-24-17-22(37-19-21-11-7-6-8-12-21)13-14-23(24)27(25)33(26)15-9-10-16-36-28(34)32-29(2,3)4/h6-8,11-14,17-18H,5,9-10,15-16,19-20H2,1-4H3,(H,32,34). The van der Waals surface area contributed by atoms with Crippen molar-refractivity contribution in [3.8, 4) is 5.75 Å².